The maximum Gasteiger partial charge on any atom is 0.344 e. The third-order valence-electron chi connectivity index (χ3n) is 3.87. The lowest BCUT2D eigenvalue weighted by Gasteiger charge is -2.14. The standard InChI is InChI=1S/C21H18FNO4/c1-14(21(25)23-18-9-7-17(22)8-10-18)27-20(24)13-26-19-11-6-15-4-2-3-5-16(15)12-19/h2-12,14H,13H2,1H3,(H,23,25)/t14-/m1/s1. The zero-order valence-corrected chi connectivity index (χ0v) is 14.6. The lowest BCUT2D eigenvalue weighted by atomic mass is 10.1. The van der Waals surface area contributed by atoms with Gasteiger partial charge in [0.2, 0.25) is 0 Å². The molecule has 5 nitrogen and oxygen atoms in total. The van der Waals surface area contributed by atoms with E-state index in [9.17, 15) is 14.0 Å². The Morgan fingerprint density at radius 1 is 1.00 bits per heavy atom. The topological polar surface area (TPSA) is 64.6 Å². The summed E-state index contributed by atoms with van der Waals surface area (Å²) in [4.78, 5) is 23.9. The highest BCUT2D eigenvalue weighted by atomic mass is 19.1. The number of anilines is 1. The summed E-state index contributed by atoms with van der Waals surface area (Å²) in [6.45, 7) is 1.14. The first-order chi connectivity index (χ1) is 13.0. The Kier molecular flexibility index (Phi) is 5.66. The lowest BCUT2D eigenvalue weighted by Crippen LogP contribution is -2.31. The number of carbonyl (C=O) groups is 2. The van der Waals surface area contributed by atoms with Crippen LogP contribution in [0.5, 0.6) is 5.75 Å². The van der Waals surface area contributed by atoms with E-state index in [-0.39, 0.29) is 6.61 Å². The van der Waals surface area contributed by atoms with E-state index in [0.29, 0.717) is 11.4 Å². The Labute approximate surface area is 155 Å². The number of rotatable bonds is 6. The molecular weight excluding hydrogens is 349 g/mol. The smallest absolute Gasteiger partial charge is 0.344 e. The zero-order chi connectivity index (χ0) is 19.2. The molecule has 1 N–H and O–H groups in total. The van der Waals surface area contributed by atoms with Gasteiger partial charge in [-0.05, 0) is 54.1 Å². The van der Waals surface area contributed by atoms with Crippen molar-refractivity contribution in [2.75, 3.05) is 11.9 Å². The van der Waals surface area contributed by atoms with Crippen LogP contribution in [-0.2, 0) is 14.3 Å². The predicted octanol–water partition coefficient (Wildman–Crippen LogP) is 3.93. The fourth-order valence-corrected chi connectivity index (χ4v) is 2.46. The summed E-state index contributed by atoms with van der Waals surface area (Å²) < 4.78 is 23.4. The van der Waals surface area contributed by atoms with Crippen LogP contribution in [0.1, 0.15) is 6.92 Å². The first kappa shape index (κ1) is 18.4. The summed E-state index contributed by atoms with van der Waals surface area (Å²) in [5.74, 6) is -1.04. The minimum Gasteiger partial charge on any atom is -0.482 e. The molecule has 6 heteroatoms. The Morgan fingerprint density at radius 2 is 1.70 bits per heavy atom. The van der Waals surface area contributed by atoms with Crippen LogP contribution in [0.4, 0.5) is 10.1 Å². The molecule has 0 aliphatic rings. The van der Waals surface area contributed by atoms with Gasteiger partial charge in [-0.15, -0.1) is 0 Å². The molecule has 138 valence electrons. The fraction of sp³-hybridized carbons (Fsp3) is 0.143. The van der Waals surface area contributed by atoms with Gasteiger partial charge in [0, 0.05) is 5.69 Å². The molecule has 0 aliphatic heterocycles. The largest absolute Gasteiger partial charge is 0.482 e. The number of esters is 1. The van der Waals surface area contributed by atoms with Gasteiger partial charge in [0.15, 0.2) is 12.7 Å². The van der Waals surface area contributed by atoms with E-state index in [1.165, 1.54) is 31.2 Å². The SMILES string of the molecule is C[C@@H](OC(=O)COc1ccc2ccccc2c1)C(=O)Nc1ccc(F)cc1. The van der Waals surface area contributed by atoms with Gasteiger partial charge in [0.05, 0.1) is 0 Å². The van der Waals surface area contributed by atoms with Crippen molar-refractivity contribution in [1.82, 2.24) is 0 Å². The van der Waals surface area contributed by atoms with Crippen LogP contribution in [0.25, 0.3) is 10.8 Å². The third kappa shape index (κ3) is 5.04. The molecule has 1 atom stereocenters. The summed E-state index contributed by atoms with van der Waals surface area (Å²) in [6, 6.07) is 18.6. The van der Waals surface area contributed by atoms with Crippen molar-refractivity contribution in [2.45, 2.75) is 13.0 Å². The Balaban J connectivity index is 1.50. The van der Waals surface area contributed by atoms with E-state index in [1.807, 2.05) is 36.4 Å². The van der Waals surface area contributed by atoms with Gasteiger partial charge in [0.25, 0.3) is 5.91 Å². The maximum absolute atomic E-state index is 12.9. The molecule has 0 radical (unpaired) electrons. The minimum atomic E-state index is -1.01. The number of nitrogens with one attached hydrogen (secondary N) is 1. The molecule has 0 unspecified atom stereocenters. The number of amides is 1. The quantitative estimate of drug-likeness (QED) is 0.671. The van der Waals surface area contributed by atoms with E-state index in [0.717, 1.165) is 10.8 Å². The molecule has 3 aromatic rings. The maximum atomic E-state index is 12.9. The second-order valence-corrected chi connectivity index (χ2v) is 5.93. The van der Waals surface area contributed by atoms with Crippen molar-refractivity contribution in [2.24, 2.45) is 0 Å². The minimum absolute atomic E-state index is 0.313. The summed E-state index contributed by atoms with van der Waals surface area (Å²) >= 11 is 0. The van der Waals surface area contributed by atoms with Crippen molar-refractivity contribution >= 4 is 28.3 Å². The number of carbonyl (C=O) groups excluding carboxylic acids is 2. The molecule has 0 saturated carbocycles. The lowest BCUT2D eigenvalue weighted by molar-refractivity contribution is -0.155. The molecule has 0 aliphatic carbocycles. The number of benzene rings is 3. The van der Waals surface area contributed by atoms with Gasteiger partial charge in [-0.2, -0.15) is 0 Å². The zero-order valence-electron chi connectivity index (χ0n) is 14.6. The van der Waals surface area contributed by atoms with E-state index < -0.39 is 23.8 Å². The van der Waals surface area contributed by atoms with Crippen LogP contribution in [0.15, 0.2) is 66.7 Å². The Morgan fingerprint density at radius 3 is 2.44 bits per heavy atom. The van der Waals surface area contributed by atoms with Gasteiger partial charge in [-0.3, -0.25) is 4.79 Å². The molecule has 3 aromatic carbocycles. The van der Waals surface area contributed by atoms with Crippen LogP contribution in [0, 0.1) is 5.82 Å². The molecule has 0 spiro atoms. The molecule has 0 saturated heterocycles. The van der Waals surface area contributed by atoms with Crippen LogP contribution in [-0.4, -0.2) is 24.6 Å². The summed E-state index contributed by atoms with van der Waals surface area (Å²) in [5, 5.41) is 4.61. The molecule has 3 rings (SSSR count). The summed E-state index contributed by atoms with van der Waals surface area (Å²) in [7, 11) is 0. The van der Waals surface area contributed by atoms with Gasteiger partial charge in [0.1, 0.15) is 11.6 Å². The van der Waals surface area contributed by atoms with E-state index in [2.05, 4.69) is 5.32 Å². The fourth-order valence-electron chi connectivity index (χ4n) is 2.46. The molecule has 0 bridgehead atoms. The number of fused-ring (bicyclic) bond motifs is 1. The van der Waals surface area contributed by atoms with Crippen LogP contribution >= 0.6 is 0 Å². The first-order valence-electron chi connectivity index (χ1n) is 8.39. The monoisotopic (exact) mass is 367 g/mol. The van der Waals surface area contributed by atoms with Gasteiger partial charge in [-0.1, -0.05) is 30.3 Å². The van der Waals surface area contributed by atoms with Gasteiger partial charge >= 0.3 is 5.97 Å². The first-order valence-corrected chi connectivity index (χ1v) is 8.39. The molecule has 1 amide bonds. The average Bonchev–Trinajstić information content (AvgIpc) is 2.68. The van der Waals surface area contributed by atoms with Crippen LogP contribution in [0.3, 0.4) is 0 Å². The van der Waals surface area contributed by atoms with Gasteiger partial charge in [-0.25, -0.2) is 9.18 Å². The molecule has 27 heavy (non-hydrogen) atoms. The number of hydrogen-bond donors (Lipinski definition) is 1. The van der Waals surface area contributed by atoms with Crippen LogP contribution < -0.4 is 10.1 Å². The molecule has 0 heterocycles. The normalized spacial score (nSPS) is 11.6. The van der Waals surface area contributed by atoms with Gasteiger partial charge < -0.3 is 14.8 Å². The van der Waals surface area contributed by atoms with Crippen molar-refractivity contribution < 1.29 is 23.5 Å². The highest BCUT2D eigenvalue weighted by molar-refractivity contribution is 5.95. The van der Waals surface area contributed by atoms with E-state index in [4.69, 9.17) is 9.47 Å². The molecule has 0 fully saturated rings. The highest BCUT2D eigenvalue weighted by Crippen LogP contribution is 2.20. The molecule has 0 aromatic heterocycles. The number of hydrogen-bond acceptors (Lipinski definition) is 4. The van der Waals surface area contributed by atoms with Crippen molar-refractivity contribution in [3.8, 4) is 5.75 Å². The number of ether oxygens (including phenoxy) is 2. The summed E-state index contributed by atoms with van der Waals surface area (Å²) in [5.41, 5.74) is 0.414. The van der Waals surface area contributed by atoms with Crippen molar-refractivity contribution in [3.05, 3.63) is 72.5 Å². The second-order valence-electron chi connectivity index (χ2n) is 5.93. The third-order valence-corrected chi connectivity index (χ3v) is 3.87. The average molecular weight is 367 g/mol. The Bertz CT molecular complexity index is 956. The highest BCUT2D eigenvalue weighted by Gasteiger charge is 2.18. The summed E-state index contributed by atoms with van der Waals surface area (Å²) in [6.07, 6.45) is -1.01. The second kappa shape index (κ2) is 8.31. The van der Waals surface area contributed by atoms with Crippen LogP contribution in [0.2, 0.25) is 0 Å². The Hall–Kier alpha value is -3.41. The van der Waals surface area contributed by atoms with E-state index in [1.54, 1.807) is 6.07 Å². The molecular formula is C21H18FNO4. The predicted molar refractivity (Wildman–Crippen MR) is 100 cm³/mol. The van der Waals surface area contributed by atoms with Crippen molar-refractivity contribution in [1.29, 1.82) is 0 Å². The van der Waals surface area contributed by atoms with E-state index >= 15 is 0 Å². The number of halogens is 1. The van der Waals surface area contributed by atoms with Crippen molar-refractivity contribution in [3.63, 3.8) is 0 Å².